The van der Waals surface area contributed by atoms with Gasteiger partial charge in [0.2, 0.25) is 0 Å². The van der Waals surface area contributed by atoms with Gasteiger partial charge in [-0.05, 0) is 47.9 Å². The first-order valence-corrected chi connectivity index (χ1v) is 6.93. The molecule has 0 aliphatic heterocycles. The molecule has 0 saturated carbocycles. The van der Waals surface area contributed by atoms with Gasteiger partial charge in [-0.2, -0.15) is 0 Å². The molecule has 0 fully saturated rings. The Morgan fingerprint density at radius 1 is 1.14 bits per heavy atom. The van der Waals surface area contributed by atoms with E-state index in [4.69, 9.17) is 5.73 Å². The molecule has 0 amide bonds. The zero-order valence-electron chi connectivity index (χ0n) is 11.1. The van der Waals surface area contributed by atoms with Crippen molar-refractivity contribution in [3.05, 3.63) is 63.6 Å². The summed E-state index contributed by atoms with van der Waals surface area (Å²) in [7, 11) is 0. The number of aryl methyl sites for hydroxylation is 1. The Balaban J connectivity index is 2.33. The van der Waals surface area contributed by atoms with Gasteiger partial charge in [-0.3, -0.25) is 0 Å². The van der Waals surface area contributed by atoms with E-state index in [0.29, 0.717) is 5.56 Å². The molecule has 1 unspecified atom stereocenters. The summed E-state index contributed by atoms with van der Waals surface area (Å²) in [6.45, 7) is 1.90. The number of hydrogen-bond donors (Lipinski definition) is 1. The van der Waals surface area contributed by atoms with E-state index in [1.54, 1.807) is 6.07 Å². The van der Waals surface area contributed by atoms with Gasteiger partial charge >= 0.3 is 6.36 Å². The predicted octanol–water partition coefficient (Wildman–Crippen LogP) is 4.70. The van der Waals surface area contributed by atoms with Crippen LogP contribution in [0.15, 0.2) is 46.9 Å². The molecule has 21 heavy (non-hydrogen) atoms. The molecule has 0 bridgehead atoms. The van der Waals surface area contributed by atoms with Crippen LogP contribution in [-0.2, 0) is 0 Å². The third-order valence-corrected chi connectivity index (χ3v) is 3.52. The lowest BCUT2D eigenvalue weighted by atomic mass is 9.96. The number of alkyl halides is 3. The summed E-state index contributed by atoms with van der Waals surface area (Å²) in [5.41, 5.74) is 8.52. The van der Waals surface area contributed by atoms with Crippen LogP contribution in [0.4, 0.5) is 13.2 Å². The molecule has 1 atom stereocenters. The Morgan fingerprint density at radius 2 is 1.86 bits per heavy atom. The Labute approximate surface area is 128 Å². The van der Waals surface area contributed by atoms with Crippen molar-refractivity contribution in [2.24, 2.45) is 5.73 Å². The van der Waals surface area contributed by atoms with Crippen molar-refractivity contribution in [3.8, 4) is 5.75 Å². The SMILES string of the molecule is Cc1ccc(Br)cc1C(N)c1cccc(OC(F)(F)F)c1. The fraction of sp³-hybridized carbons (Fsp3) is 0.200. The molecule has 6 heteroatoms. The maximum atomic E-state index is 12.3. The van der Waals surface area contributed by atoms with Crippen LogP contribution in [0, 0.1) is 6.92 Å². The number of halogens is 4. The van der Waals surface area contributed by atoms with Gasteiger partial charge in [0.1, 0.15) is 5.75 Å². The summed E-state index contributed by atoms with van der Waals surface area (Å²) in [6, 6.07) is 10.8. The third kappa shape index (κ3) is 4.22. The molecule has 0 spiro atoms. The highest BCUT2D eigenvalue weighted by molar-refractivity contribution is 9.10. The molecule has 0 aliphatic rings. The second-order valence-electron chi connectivity index (χ2n) is 4.60. The van der Waals surface area contributed by atoms with Crippen molar-refractivity contribution in [3.63, 3.8) is 0 Å². The summed E-state index contributed by atoms with van der Waals surface area (Å²) in [5.74, 6) is -0.275. The summed E-state index contributed by atoms with van der Waals surface area (Å²) in [5, 5.41) is 0. The largest absolute Gasteiger partial charge is 0.573 e. The average Bonchev–Trinajstić information content (AvgIpc) is 2.39. The van der Waals surface area contributed by atoms with Gasteiger partial charge in [0.25, 0.3) is 0 Å². The normalized spacial score (nSPS) is 13.0. The van der Waals surface area contributed by atoms with Crippen LogP contribution in [0.5, 0.6) is 5.75 Å². The minimum Gasteiger partial charge on any atom is -0.406 e. The highest BCUT2D eigenvalue weighted by atomic mass is 79.9. The van der Waals surface area contributed by atoms with E-state index in [2.05, 4.69) is 20.7 Å². The van der Waals surface area contributed by atoms with Gasteiger partial charge in [-0.1, -0.05) is 34.1 Å². The van der Waals surface area contributed by atoms with E-state index in [0.717, 1.165) is 15.6 Å². The first-order valence-electron chi connectivity index (χ1n) is 6.13. The Morgan fingerprint density at radius 3 is 2.52 bits per heavy atom. The van der Waals surface area contributed by atoms with Gasteiger partial charge in [0, 0.05) is 4.47 Å². The molecular formula is C15H13BrF3NO. The fourth-order valence-electron chi connectivity index (χ4n) is 2.03. The standard InChI is InChI=1S/C15H13BrF3NO/c1-9-5-6-11(16)8-13(9)14(20)10-3-2-4-12(7-10)21-15(17,18)19/h2-8,14H,20H2,1H3. The monoisotopic (exact) mass is 359 g/mol. The van der Waals surface area contributed by atoms with E-state index in [-0.39, 0.29) is 5.75 Å². The molecule has 0 heterocycles. The van der Waals surface area contributed by atoms with Crippen LogP contribution >= 0.6 is 15.9 Å². The number of rotatable bonds is 3. The molecule has 2 nitrogen and oxygen atoms in total. The van der Waals surface area contributed by atoms with E-state index in [1.165, 1.54) is 18.2 Å². The molecule has 0 radical (unpaired) electrons. The van der Waals surface area contributed by atoms with Crippen LogP contribution in [0.25, 0.3) is 0 Å². The van der Waals surface area contributed by atoms with Crippen LogP contribution in [-0.4, -0.2) is 6.36 Å². The first kappa shape index (κ1) is 15.9. The fourth-order valence-corrected chi connectivity index (χ4v) is 2.41. The molecular weight excluding hydrogens is 347 g/mol. The minimum absolute atomic E-state index is 0.275. The smallest absolute Gasteiger partial charge is 0.406 e. The molecule has 112 valence electrons. The summed E-state index contributed by atoms with van der Waals surface area (Å²) in [4.78, 5) is 0. The zero-order valence-corrected chi connectivity index (χ0v) is 12.7. The van der Waals surface area contributed by atoms with Crippen LogP contribution in [0.3, 0.4) is 0 Å². The lowest BCUT2D eigenvalue weighted by Gasteiger charge is -2.17. The highest BCUT2D eigenvalue weighted by Gasteiger charge is 2.31. The lowest BCUT2D eigenvalue weighted by Crippen LogP contribution is -2.18. The van der Waals surface area contributed by atoms with Crippen LogP contribution in [0.1, 0.15) is 22.7 Å². The van der Waals surface area contributed by atoms with Gasteiger partial charge in [-0.25, -0.2) is 0 Å². The summed E-state index contributed by atoms with van der Waals surface area (Å²) < 4.78 is 41.5. The zero-order chi connectivity index (χ0) is 15.6. The second-order valence-corrected chi connectivity index (χ2v) is 5.51. The van der Waals surface area contributed by atoms with Gasteiger partial charge in [-0.15, -0.1) is 13.2 Å². The summed E-state index contributed by atoms with van der Waals surface area (Å²) in [6.07, 6.45) is -4.71. The molecule has 2 rings (SSSR count). The maximum absolute atomic E-state index is 12.3. The van der Waals surface area contributed by atoms with Crippen LogP contribution < -0.4 is 10.5 Å². The van der Waals surface area contributed by atoms with Crippen molar-refractivity contribution in [1.29, 1.82) is 0 Å². The van der Waals surface area contributed by atoms with Gasteiger partial charge in [0.05, 0.1) is 6.04 Å². The van der Waals surface area contributed by atoms with E-state index < -0.39 is 12.4 Å². The quantitative estimate of drug-likeness (QED) is 0.861. The first-order chi connectivity index (χ1) is 9.76. The van der Waals surface area contributed by atoms with Crippen molar-refractivity contribution in [1.82, 2.24) is 0 Å². The molecule has 2 aromatic carbocycles. The second kappa shape index (κ2) is 6.07. The van der Waals surface area contributed by atoms with E-state index in [1.807, 2.05) is 25.1 Å². The summed E-state index contributed by atoms with van der Waals surface area (Å²) >= 11 is 3.36. The number of ether oxygens (including phenoxy) is 1. The van der Waals surface area contributed by atoms with Crippen molar-refractivity contribution >= 4 is 15.9 Å². The van der Waals surface area contributed by atoms with Crippen LogP contribution in [0.2, 0.25) is 0 Å². The van der Waals surface area contributed by atoms with Gasteiger partial charge < -0.3 is 10.5 Å². The van der Waals surface area contributed by atoms with E-state index in [9.17, 15) is 13.2 Å². The lowest BCUT2D eigenvalue weighted by molar-refractivity contribution is -0.274. The topological polar surface area (TPSA) is 35.2 Å². The molecule has 2 N–H and O–H groups in total. The number of nitrogens with two attached hydrogens (primary N) is 1. The van der Waals surface area contributed by atoms with Crippen molar-refractivity contribution in [2.45, 2.75) is 19.3 Å². The maximum Gasteiger partial charge on any atom is 0.573 e. The Kier molecular flexibility index (Phi) is 4.58. The van der Waals surface area contributed by atoms with Crippen molar-refractivity contribution in [2.75, 3.05) is 0 Å². The highest BCUT2D eigenvalue weighted by Crippen LogP contribution is 2.29. The Bertz CT molecular complexity index is 643. The molecule has 0 aliphatic carbocycles. The molecule has 0 aromatic heterocycles. The van der Waals surface area contributed by atoms with Gasteiger partial charge in [0.15, 0.2) is 0 Å². The Hall–Kier alpha value is -1.53. The molecule has 2 aromatic rings. The third-order valence-electron chi connectivity index (χ3n) is 3.03. The predicted molar refractivity (Wildman–Crippen MR) is 78.0 cm³/mol. The van der Waals surface area contributed by atoms with Crippen molar-refractivity contribution < 1.29 is 17.9 Å². The van der Waals surface area contributed by atoms with E-state index >= 15 is 0 Å². The number of benzene rings is 2. The average molecular weight is 360 g/mol. The minimum atomic E-state index is -4.71. The molecule has 0 saturated heterocycles. The number of hydrogen-bond acceptors (Lipinski definition) is 2.